The Balaban J connectivity index is 1.88. The predicted octanol–water partition coefficient (Wildman–Crippen LogP) is 5.10. The fourth-order valence-electron chi connectivity index (χ4n) is 2.75. The number of aryl methyl sites for hydroxylation is 1. The number of rotatable bonds is 7. The number of benzene rings is 2. The summed E-state index contributed by atoms with van der Waals surface area (Å²) in [7, 11) is 0. The third-order valence-electron chi connectivity index (χ3n) is 3.97. The summed E-state index contributed by atoms with van der Waals surface area (Å²) >= 11 is 0. The van der Waals surface area contributed by atoms with Gasteiger partial charge in [-0.3, -0.25) is 0 Å². The van der Waals surface area contributed by atoms with Gasteiger partial charge < -0.3 is 9.15 Å². The highest BCUT2D eigenvalue weighted by molar-refractivity contribution is 5.81. The SMILES string of the molecule is CCCCCCc1cccc2nc(Oc3ccccc3)oc(=O)c12. The maximum atomic E-state index is 12.4. The Hall–Kier alpha value is -2.62. The molecule has 0 radical (unpaired) electrons. The number of fused-ring (bicyclic) bond motifs is 1. The van der Waals surface area contributed by atoms with E-state index >= 15 is 0 Å². The van der Waals surface area contributed by atoms with Crippen molar-refractivity contribution in [2.24, 2.45) is 0 Å². The van der Waals surface area contributed by atoms with Crippen LogP contribution in [0, 0.1) is 0 Å². The highest BCUT2D eigenvalue weighted by atomic mass is 16.6. The van der Waals surface area contributed by atoms with Crippen molar-refractivity contribution in [3.63, 3.8) is 0 Å². The van der Waals surface area contributed by atoms with Gasteiger partial charge in [-0.1, -0.05) is 56.5 Å². The molecule has 0 aliphatic rings. The van der Waals surface area contributed by atoms with Gasteiger partial charge in [0.2, 0.25) is 0 Å². The van der Waals surface area contributed by atoms with Crippen molar-refractivity contribution < 1.29 is 9.15 Å². The maximum absolute atomic E-state index is 12.4. The second kappa shape index (κ2) is 7.77. The van der Waals surface area contributed by atoms with Gasteiger partial charge in [-0.15, -0.1) is 0 Å². The lowest BCUT2D eigenvalue weighted by atomic mass is 10.0. The zero-order valence-corrected chi connectivity index (χ0v) is 13.8. The first-order chi connectivity index (χ1) is 11.8. The van der Waals surface area contributed by atoms with E-state index in [2.05, 4.69) is 11.9 Å². The summed E-state index contributed by atoms with van der Waals surface area (Å²) < 4.78 is 10.8. The molecule has 0 atom stereocenters. The Labute approximate surface area is 141 Å². The molecule has 4 heteroatoms. The molecule has 1 heterocycles. The molecule has 124 valence electrons. The van der Waals surface area contributed by atoms with E-state index in [1.54, 1.807) is 12.1 Å². The van der Waals surface area contributed by atoms with Gasteiger partial charge in [0.05, 0.1) is 10.9 Å². The van der Waals surface area contributed by atoms with E-state index < -0.39 is 5.63 Å². The molecule has 0 aliphatic carbocycles. The van der Waals surface area contributed by atoms with Gasteiger partial charge in [0.1, 0.15) is 5.75 Å². The number of unbranched alkanes of at least 4 members (excludes halogenated alkanes) is 3. The first kappa shape index (κ1) is 16.2. The molecular formula is C20H21NO3. The second-order valence-corrected chi connectivity index (χ2v) is 5.80. The number of hydrogen-bond acceptors (Lipinski definition) is 4. The molecule has 0 unspecified atom stereocenters. The standard InChI is InChI=1S/C20H21NO3/c1-2-3-4-6-10-15-11-9-14-17-18(15)19(22)24-20(21-17)23-16-12-7-5-8-13-16/h5,7-9,11-14H,2-4,6,10H2,1H3. The summed E-state index contributed by atoms with van der Waals surface area (Å²) in [6.45, 7) is 2.19. The topological polar surface area (TPSA) is 52.3 Å². The summed E-state index contributed by atoms with van der Waals surface area (Å²) in [6, 6.07) is 14.9. The molecule has 24 heavy (non-hydrogen) atoms. The van der Waals surface area contributed by atoms with Crippen molar-refractivity contribution in [3.05, 3.63) is 64.5 Å². The Morgan fingerprint density at radius 3 is 2.62 bits per heavy atom. The van der Waals surface area contributed by atoms with Crippen molar-refractivity contribution in [2.45, 2.75) is 39.0 Å². The van der Waals surface area contributed by atoms with Gasteiger partial charge in [0.25, 0.3) is 0 Å². The van der Waals surface area contributed by atoms with Crippen LogP contribution in [0.2, 0.25) is 0 Å². The lowest BCUT2D eigenvalue weighted by molar-refractivity contribution is 0.307. The van der Waals surface area contributed by atoms with Gasteiger partial charge in [0.15, 0.2) is 0 Å². The van der Waals surface area contributed by atoms with Crippen LogP contribution < -0.4 is 10.4 Å². The van der Waals surface area contributed by atoms with Gasteiger partial charge in [-0.05, 0) is 36.6 Å². The third kappa shape index (κ3) is 3.82. The quantitative estimate of drug-likeness (QED) is 0.567. The fourth-order valence-corrected chi connectivity index (χ4v) is 2.75. The molecular weight excluding hydrogens is 302 g/mol. The lowest BCUT2D eigenvalue weighted by Crippen LogP contribution is -2.06. The predicted molar refractivity (Wildman–Crippen MR) is 94.6 cm³/mol. The molecule has 3 aromatic rings. The minimum absolute atomic E-state index is 0.0261. The zero-order chi connectivity index (χ0) is 16.8. The molecule has 0 spiro atoms. The highest BCUT2D eigenvalue weighted by Crippen LogP contribution is 2.22. The van der Waals surface area contributed by atoms with Crippen LogP contribution in [0.4, 0.5) is 0 Å². The van der Waals surface area contributed by atoms with Crippen molar-refractivity contribution in [2.75, 3.05) is 0 Å². The Morgan fingerprint density at radius 2 is 1.83 bits per heavy atom. The molecule has 4 nitrogen and oxygen atoms in total. The van der Waals surface area contributed by atoms with E-state index in [0.717, 1.165) is 18.4 Å². The fraction of sp³-hybridized carbons (Fsp3) is 0.300. The van der Waals surface area contributed by atoms with E-state index in [9.17, 15) is 4.79 Å². The van der Waals surface area contributed by atoms with Crippen molar-refractivity contribution in [3.8, 4) is 11.8 Å². The van der Waals surface area contributed by atoms with Crippen LogP contribution >= 0.6 is 0 Å². The van der Waals surface area contributed by atoms with Gasteiger partial charge in [-0.2, -0.15) is 4.98 Å². The average Bonchev–Trinajstić information content (AvgIpc) is 2.59. The molecule has 0 fully saturated rings. The maximum Gasteiger partial charge on any atom is 0.402 e. The zero-order valence-electron chi connectivity index (χ0n) is 13.8. The lowest BCUT2D eigenvalue weighted by Gasteiger charge is -2.07. The van der Waals surface area contributed by atoms with Crippen LogP contribution in [0.1, 0.15) is 38.2 Å². The van der Waals surface area contributed by atoms with Crippen molar-refractivity contribution >= 4 is 10.9 Å². The second-order valence-electron chi connectivity index (χ2n) is 5.80. The molecule has 0 N–H and O–H groups in total. The number of aromatic nitrogens is 1. The molecule has 0 amide bonds. The first-order valence-electron chi connectivity index (χ1n) is 8.43. The smallest absolute Gasteiger partial charge is 0.402 e. The summed E-state index contributed by atoms with van der Waals surface area (Å²) in [6.07, 6.45) is 5.48. The van der Waals surface area contributed by atoms with Crippen molar-refractivity contribution in [1.82, 2.24) is 4.98 Å². The van der Waals surface area contributed by atoms with Gasteiger partial charge in [0, 0.05) is 0 Å². The summed E-state index contributed by atoms with van der Waals surface area (Å²) in [4.78, 5) is 16.8. The number of hydrogen-bond donors (Lipinski definition) is 0. The molecule has 2 aromatic carbocycles. The molecule has 0 aliphatic heterocycles. The van der Waals surface area contributed by atoms with E-state index in [-0.39, 0.29) is 6.08 Å². The summed E-state index contributed by atoms with van der Waals surface area (Å²) in [5.74, 6) is 0.586. The minimum Gasteiger partial charge on any atom is -0.411 e. The van der Waals surface area contributed by atoms with Crippen molar-refractivity contribution in [1.29, 1.82) is 0 Å². The highest BCUT2D eigenvalue weighted by Gasteiger charge is 2.12. The van der Waals surface area contributed by atoms with Gasteiger partial charge in [-0.25, -0.2) is 4.79 Å². The van der Waals surface area contributed by atoms with Crippen LogP contribution in [-0.2, 0) is 6.42 Å². The Bertz CT molecular complexity index is 856. The molecule has 0 bridgehead atoms. The minimum atomic E-state index is -0.392. The largest absolute Gasteiger partial charge is 0.411 e. The molecule has 0 saturated carbocycles. The summed E-state index contributed by atoms with van der Waals surface area (Å²) in [5, 5.41) is 0.564. The van der Waals surface area contributed by atoms with Crippen LogP contribution in [0.3, 0.4) is 0 Å². The van der Waals surface area contributed by atoms with Crippen LogP contribution in [0.5, 0.6) is 11.8 Å². The van der Waals surface area contributed by atoms with E-state index in [1.165, 1.54) is 19.3 Å². The number of ether oxygens (including phenoxy) is 1. The average molecular weight is 323 g/mol. The molecule has 0 saturated heterocycles. The number of nitrogens with zero attached hydrogens (tertiary/aromatic N) is 1. The van der Waals surface area contributed by atoms with Crippen LogP contribution in [0.15, 0.2) is 57.7 Å². The Kier molecular flexibility index (Phi) is 5.26. The van der Waals surface area contributed by atoms with Crippen LogP contribution in [-0.4, -0.2) is 4.98 Å². The number of para-hydroxylation sites is 1. The summed E-state index contributed by atoms with van der Waals surface area (Å²) in [5.41, 5.74) is 1.22. The first-order valence-corrected chi connectivity index (χ1v) is 8.43. The monoisotopic (exact) mass is 323 g/mol. The molecule has 1 aromatic heterocycles. The van der Waals surface area contributed by atoms with Crippen LogP contribution in [0.25, 0.3) is 10.9 Å². The Morgan fingerprint density at radius 1 is 1.00 bits per heavy atom. The normalized spacial score (nSPS) is 10.9. The molecule has 3 rings (SSSR count). The van der Waals surface area contributed by atoms with E-state index in [4.69, 9.17) is 9.15 Å². The van der Waals surface area contributed by atoms with E-state index in [1.807, 2.05) is 36.4 Å². The third-order valence-corrected chi connectivity index (χ3v) is 3.97. The van der Waals surface area contributed by atoms with Gasteiger partial charge >= 0.3 is 11.7 Å². The van der Waals surface area contributed by atoms with E-state index in [0.29, 0.717) is 16.7 Å².